The molecule has 0 amide bonds. The Labute approximate surface area is 109 Å². The van der Waals surface area contributed by atoms with Crippen molar-refractivity contribution in [3.8, 4) is 0 Å². The minimum atomic E-state index is -0.515. The van der Waals surface area contributed by atoms with Gasteiger partial charge in [0.1, 0.15) is 11.6 Å². The molecule has 1 rings (SSSR count). The lowest BCUT2D eigenvalue weighted by Gasteiger charge is -2.19. The van der Waals surface area contributed by atoms with E-state index in [-0.39, 0.29) is 6.04 Å². The molecule has 1 aromatic rings. The van der Waals surface area contributed by atoms with E-state index in [1.807, 2.05) is 0 Å². The van der Waals surface area contributed by atoms with Gasteiger partial charge in [-0.05, 0) is 25.5 Å². The fourth-order valence-corrected chi connectivity index (χ4v) is 2.07. The maximum atomic E-state index is 13.8. The zero-order valence-electron chi connectivity index (χ0n) is 11.3. The first-order chi connectivity index (χ1) is 8.69. The lowest BCUT2D eigenvalue weighted by molar-refractivity contribution is 0.451. The fourth-order valence-electron chi connectivity index (χ4n) is 2.07. The first kappa shape index (κ1) is 15.1. The Balaban J connectivity index is 2.73. The molecule has 0 aliphatic carbocycles. The van der Waals surface area contributed by atoms with Gasteiger partial charge in [0.15, 0.2) is 0 Å². The molecular weight excluding hydrogens is 232 g/mol. The van der Waals surface area contributed by atoms with Gasteiger partial charge in [-0.1, -0.05) is 39.2 Å². The smallest absolute Gasteiger partial charge is 0.130 e. The van der Waals surface area contributed by atoms with Gasteiger partial charge < -0.3 is 5.32 Å². The fraction of sp³-hybridized carbons (Fsp3) is 0.600. The van der Waals surface area contributed by atoms with E-state index >= 15 is 0 Å². The van der Waals surface area contributed by atoms with Gasteiger partial charge in [-0.15, -0.1) is 0 Å². The first-order valence-corrected chi connectivity index (χ1v) is 6.87. The summed E-state index contributed by atoms with van der Waals surface area (Å²) >= 11 is 0. The van der Waals surface area contributed by atoms with Gasteiger partial charge in [-0.2, -0.15) is 0 Å². The molecule has 102 valence electrons. The van der Waals surface area contributed by atoms with E-state index in [0.29, 0.717) is 5.56 Å². The van der Waals surface area contributed by atoms with Crippen molar-refractivity contribution in [3.05, 3.63) is 35.4 Å². The Morgan fingerprint density at radius 2 is 1.89 bits per heavy atom. The molecule has 1 aromatic carbocycles. The quantitative estimate of drug-likeness (QED) is 0.670. The van der Waals surface area contributed by atoms with Crippen molar-refractivity contribution >= 4 is 0 Å². The summed E-state index contributed by atoms with van der Waals surface area (Å²) in [6.45, 7) is 5.08. The van der Waals surface area contributed by atoms with Crippen LogP contribution >= 0.6 is 0 Å². The van der Waals surface area contributed by atoms with Gasteiger partial charge in [0.05, 0.1) is 0 Å². The van der Waals surface area contributed by atoms with Crippen LogP contribution in [0, 0.1) is 11.6 Å². The SMILES string of the molecule is CCCCCC(NCCC)c1ccc(F)cc1F. The average Bonchev–Trinajstić information content (AvgIpc) is 2.34. The molecule has 1 nitrogen and oxygen atoms in total. The van der Waals surface area contributed by atoms with Crippen LogP contribution in [0.3, 0.4) is 0 Å². The second-order valence-electron chi connectivity index (χ2n) is 4.67. The Bertz CT molecular complexity index is 352. The third-order valence-electron chi connectivity index (χ3n) is 3.08. The molecule has 0 saturated carbocycles. The molecule has 0 heterocycles. The van der Waals surface area contributed by atoms with Crippen molar-refractivity contribution in [1.82, 2.24) is 5.32 Å². The Hall–Kier alpha value is -0.960. The van der Waals surface area contributed by atoms with Crippen LogP contribution in [0.1, 0.15) is 57.6 Å². The van der Waals surface area contributed by atoms with E-state index in [0.717, 1.165) is 44.7 Å². The van der Waals surface area contributed by atoms with Crippen molar-refractivity contribution in [2.45, 2.75) is 52.0 Å². The summed E-state index contributed by atoms with van der Waals surface area (Å²) in [6, 6.07) is 3.86. The molecule has 0 fully saturated rings. The van der Waals surface area contributed by atoms with Crippen LogP contribution < -0.4 is 5.32 Å². The molecule has 0 aromatic heterocycles. The van der Waals surface area contributed by atoms with Crippen molar-refractivity contribution in [1.29, 1.82) is 0 Å². The molecule has 0 aliphatic rings. The predicted octanol–water partition coefficient (Wildman–Crippen LogP) is 4.59. The van der Waals surface area contributed by atoms with Crippen LogP contribution in [0.5, 0.6) is 0 Å². The Kier molecular flexibility index (Phi) is 6.88. The highest BCUT2D eigenvalue weighted by Crippen LogP contribution is 2.23. The number of rotatable bonds is 8. The Morgan fingerprint density at radius 3 is 2.50 bits per heavy atom. The highest BCUT2D eigenvalue weighted by molar-refractivity contribution is 5.22. The molecule has 0 bridgehead atoms. The average molecular weight is 255 g/mol. The van der Waals surface area contributed by atoms with Gasteiger partial charge in [0, 0.05) is 17.7 Å². The number of halogens is 2. The van der Waals surface area contributed by atoms with Crippen LogP contribution in [-0.2, 0) is 0 Å². The van der Waals surface area contributed by atoms with Crippen LogP contribution in [0.4, 0.5) is 8.78 Å². The van der Waals surface area contributed by atoms with Crippen molar-refractivity contribution in [2.24, 2.45) is 0 Å². The van der Waals surface area contributed by atoms with Gasteiger partial charge >= 0.3 is 0 Å². The molecule has 1 atom stereocenters. The molecule has 0 radical (unpaired) electrons. The summed E-state index contributed by atoms with van der Waals surface area (Å²) in [7, 11) is 0. The van der Waals surface area contributed by atoms with Crippen molar-refractivity contribution in [3.63, 3.8) is 0 Å². The maximum Gasteiger partial charge on any atom is 0.130 e. The molecule has 1 N–H and O–H groups in total. The summed E-state index contributed by atoms with van der Waals surface area (Å²) in [5, 5.41) is 3.34. The number of nitrogens with one attached hydrogen (secondary N) is 1. The number of unbranched alkanes of at least 4 members (excludes halogenated alkanes) is 2. The maximum absolute atomic E-state index is 13.8. The molecule has 1 unspecified atom stereocenters. The normalized spacial score (nSPS) is 12.7. The topological polar surface area (TPSA) is 12.0 Å². The second-order valence-corrected chi connectivity index (χ2v) is 4.67. The highest BCUT2D eigenvalue weighted by atomic mass is 19.1. The largest absolute Gasteiger partial charge is 0.310 e. The molecule has 0 saturated heterocycles. The number of benzene rings is 1. The third kappa shape index (κ3) is 4.73. The third-order valence-corrected chi connectivity index (χ3v) is 3.08. The van der Waals surface area contributed by atoms with E-state index < -0.39 is 11.6 Å². The molecule has 0 aliphatic heterocycles. The number of hydrogen-bond acceptors (Lipinski definition) is 1. The van der Waals surface area contributed by atoms with E-state index in [1.54, 1.807) is 6.07 Å². The lowest BCUT2D eigenvalue weighted by Crippen LogP contribution is -2.23. The molecule has 3 heteroatoms. The van der Waals surface area contributed by atoms with Gasteiger partial charge in [0.25, 0.3) is 0 Å². The predicted molar refractivity (Wildman–Crippen MR) is 71.5 cm³/mol. The minimum absolute atomic E-state index is 0.00269. The summed E-state index contributed by atoms with van der Waals surface area (Å²) < 4.78 is 26.7. The Morgan fingerprint density at radius 1 is 1.11 bits per heavy atom. The number of hydrogen-bond donors (Lipinski definition) is 1. The zero-order valence-corrected chi connectivity index (χ0v) is 11.3. The summed E-state index contributed by atoms with van der Waals surface area (Å²) in [4.78, 5) is 0. The van der Waals surface area contributed by atoms with E-state index in [1.165, 1.54) is 6.07 Å². The van der Waals surface area contributed by atoms with Crippen LogP contribution in [-0.4, -0.2) is 6.54 Å². The van der Waals surface area contributed by atoms with Crippen molar-refractivity contribution < 1.29 is 8.78 Å². The van der Waals surface area contributed by atoms with Crippen molar-refractivity contribution in [2.75, 3.05) is 6.54 Å². The van der Waals surface area contributed by atoms with Gasteiger partial charge in [0.2, 0.25) is 0 Å². The van der Waals surface area contributed by atoms with E-state index in [4.69, 9.17) is 0 Å². The lowest BCUT2D eigenvalue weighted by atomic mass is 9.99. The first-order valence-electron chi connectivity index (χ1n) is 6.87. The van der Waals surface area contributed by atoms with Crippen LogP contribution in [0.15, 0.2) is 18.2 Å². The monoisotopic (exact) mass is 255 g/mol. The molecular formula is C15H23F2N. The zero-order chi connectivity index (χ0) is 13.4. The molecule has 18 heavy (non-hydrogen) atoms. The standard InChI is InChI=1S/C15H23F2N/c1-3-5-6-7-15(18-10-4-2)13-9-8-12(16)11-14(13)17/h8-9,11,15,18H,3-7,10H2,1-2H3. The minimum Gasteiger partial charge on any atom is -0.310 e. The van der Waals surface area contributed by atoms with Gasteiger partial charge in [-0.3, -0.25) is 0 Å². The van der Waals surface area contributed by atoms with E-state index in [2.05, 4.69) is 19.2 Å². The van der Waals surface area contributed by atoms with Crippen LogP contribution in [0.2, 0.25) is 0 Å². The second kappa shape index (κ2) is 8.20. The van der Waals surface area contributed by atoms with Gasteiger partial charge in [-0.25, -0.2) is 8.78 Å². The van der Waals surface area contributed by atoms with E-state index in [9.17, 15) is 8.78 Å². The highest BCUT2D eigenvalue weighted by Gasteiger charge is 2.15. The summed E-state index contributed by atoms with van der Waals surface area (Å²) in [6.07, 6.45) is 5.26. The molecule has 0 spiro atoms. The summed E-state index contributed by atoms with van der Waals surface area (Å²) in [5.41, 5.74) is 0.584. The van der Waals surface area contributed by atoms with Crippen LogP contribution in [0.25, 0.3) is 0 Å². The summed E-state index contributed by atoms with van der Waals surface area (Å²) in [5.74, 6) is -0.959.